The number of allylic oxidation sites excluding steroid dienone is 2. The summed E-state index contributed by atoms with van der Waals surface area (Å²) in [6.07, 6.45) is 2.73. The lowest BCUT2D eigenvalue weighted by molar-refractivity contribution is -0.142. The summed E-state index contributed by atoms with van der Waals surface area (Å²) in [7, 11) is 1.47. The predicted molar refractivity (Wildman–Crippen MR) is 156 cm³/mol. The summed E-state index contributed by atoms with van der Waals surface area (Å²) < 4.78 is 5.26. The number of carbonyl (C=O) groups excluding carboxylic acids is 4. The van der Waals surface area contributed by atoms with E-state index in [1.165, 1.54) is 16.9 Å². The summed E-state index contributed by atoms with van der Waals surface area (Å²) in [4.78, 5) is 58.4. The lowest BCUT2D eigenvalue weighted by Gasteiger charge is -2.44. The Morgan fingerprint density at radius 3 is 1.88 bits per heavy atom. The molecule has 2 aliphatic carbocycles. The molecule has 3 aromatic carbocycles. The number of nitrogens with zero attached hydrogens (tertiary/aromatic N) is 2. The van der Waals surface area contributed by atoms with Crippen LogP contribution in [0, 0.1) is 29.6 Å². The Morgan fingerprint density at radius 1 is 0.721 bits per heavy atom. The number of hydrogen-bond acceptors (Lipinski definition) is 6. The molecule has 3 fully saturated rings. The SMILES string of the molecule is COc1ccc([C@H]2C3=CC[C@@H]4C(=O)N(Cc5ccccc5)C(=O)[C@@H]4[C@@H]3C[C@H]3C(=O)N(Cc4ccccc4)C(=O)[C@@H]23)cc1O. The van der Waals surface area contributed by atoms with Crippen molar-refractivity contribution in [3.63, 3.8) is 0 Å². The maximum atomic E-state index is 14.1. The van der Waals surface area contributed by atoms with E-state index >= 15 is 0 Å². The number of likely N-dealkylation sites (tertiary alicyclic amines) is 2. The van der Waals surface area contributed by atoms with Crippen LogP contribution in [-0.2, 0) is 32.3 Å². The first-order chi connectivity index (χ1) is 20.9. The van der Waals surface area contributed by atoms with Crippen LogP contribution < -0.4 is 4.74 Å². The molecule has 0 spiro atoms. The Hall–Kier alpha value is -4.72. The van der Waals surface area contributed by atoms with Crippen LogP contribution in [0.1, 0.15) is 35.4 Å². The van der Waals surface area contributed by atoms with Gasteiger partial charge < -0.3 is 9.84 Å². The zero-order valence-corrected chi connectivity index (χ0v) is 23.8. The van der Waals surface area contributed by atoms with E-state index in [-0.39, 0.29) is 48.4 Å². The van der Waals surface area contributed by atoms with Crippen molar-refractivity contribution in [2.24, 2.45) is 29.6 Å². The Labute approximate surface area is 249 Å². The van der Waals surface area contributed by atoms with E-state index in [1.54, 1.807) is 12.1 Å². The van der Waals surface area contributed by atoms with Gasteiger partial charge in [0, 0.05) is 5.92 Å². The topological polar surface area (TPSA) is 104 Å². The van der Waals surface area contributed by atoms with Crippen molar-refractivity contribution in [1.29, 1.82) is 0 Å². The summed E-state index contributed by atoms with van der Waals surface area (Å²) in [5, 5.41) is 10.7. The average Bonchev–Trinajstić information content (AvgIpc) is 3.41. The van der Waals surface area contributed by atoms with Gasteiger partial charge in [-0.1, -0.05) is 78.4 Å². The zero-order valence-electron chi connectivity index (χ0n) is 23.8. The largest absolute Gasteiger partial charge is 0.504 e. The monoisotopic (exact) mass is 576 g/mol. The van der Waals surface area contributed by atoms with Crippen LogP contribution in [0.25, 0.3) is 0 Å². The summed E-state index contributed by atoms with van der Waals surface area (Å²) in [6, 6.07) is 23.9. The van der Waals surface area contributed by atoms with Gasteiger partial charge in [0.15, 0.2) is 11.5 Å². The number of imide groups is 2. The lowest BCUT2D eigenvalue weighted by Crippen LogP contribution is -2.43. The molecular weight excluding hydrogens is 544 g/mol. The summed E-state index contributed by atoms with van der Waals surface area (Å²) >= 11 is 0. The minimum Gasteiger partial charge on any atom is -0.504 e. The molecule has 4 aliphatic rings. The number of amides is 4. The van der Waals surface area contributed by atoms with E-state index in [9.17, 15) is 24.3 Å². The number of rotatable bonds is 6. The number of aromatic hydroxyl groups is 1. The number of methoxy groups -OCH3 is 1. The Kier molecular flexibility index (Phi) is 6.64. The number of phenolic OH excluding ortho intramolecular Hbond substituents is 1. The second-order valence-corrected chi connectivity index (χ2v) is 12.0. The molecule has 6 atom stereocenters. The molecule has 3 aromatic rings. The molecule has 2 aliphatic heterocycles. The van der Waals surface area contributed by atoms with E-state index < -0.39 is 29.6 Å². The number of hydrogen-bond donors (Lipinski definition) is 1. The maximum Gasteiger partial charge on any atom is 0.234 e. The second kappa shape index (κ2) is 10.5. The average molecular weight is 577 g/mol. The molecular formula is C35H32N2O6. The molecule has 0 aromatic heterocycles. The maximum absolute atomic E-state index is 14.1. The molecule has 218 valence electrons. The third-order valence-electron chi connectivity index (χ3n) is 9.76. The number of phenols is 1. The van der Waals surface area contributed by atoms with E-state index in [0.29, 0.717) is 24.2 Å². The van der Waals surface area contributed by atoms with E-state index in [2.05, 4.69) is 0 Å². The van der Waals surface area contributed by atoms with Crippen molar-refractivity contribution in [2.75, 3.05) is 7.11 Å². The summed E-state index contributed by atoms with van der Waals surface area (Å²) in [5.41, 5.74) is 3.31. The van der Waals surface area contributed by atoms with Crippen molar-refractivity contribution >= 4 is 23.6 Å². The predicted octanol–water partition coefficient (Wildman–Crippen LogP) is 4.44. The van der Waals surface area contributed by atoms with Crippen LogP contribution in [0.15, 0.2) is 90.5 Å². The molecule has 1 saturated carbocycles. The number of benzene rings is 3. The third-order valence-corrected chi connectivity index (χ3v) is 9.76. The van der Waals surface area contributed by atoms with Crippen LogP contribution in [0.5, 0.6) is 11.5 Å². The Bertz CT molecular complexity index is 1650. The van der Waals surface area contributed by atoms with Crippen molar-refractivity contribution in [2.45, 2.75) is 31.8 Å². The van der Waals surface area contributed by atoms with Crippen LogP contribution >= 0.6 is 0 Å². The van der Waals surface area contributed by atoms with E-state index in [0.717, 1.165) is 16.7 Å². The van der Waals surface area contributed by atoms with Crippen molar-refractivity contribution in [1.82, 2.24) is 9.80 Å². The van der Waals surface area contributed by atoms with Crippen LogP contribution in [-0.4, -0.2) is 45.6 Å². The molecule has 1 N–H and O–H groups in total. The summed E-state index contributed by atoms with van der Waals surface area (Å²) in [6.45, 7) is 0.377. The van der Waals surface area contributed by atoms with Gasteiger partial charge in [-0.3, -0.25) is 29.0 Å². The van der Waals surface area contributed by atoms with Gasteiger partial charge in [0.1, 0.15) is 0 Å². The molecule has 0 bridgehead atoms. The molecule has 7 rings (SSSR count). The van der Waals surface area contributed by atoms with Gasteiger partial charge in [0.25, 0.3) is 0 Å². The van der Waals surface area contributed by atoms with E-state index in [4.69, 9.17) is 4.74 Å². The molecule has 2 saturated heterocycles. The highest BCUT2D eigenvalue weighted by molar-refractivity contribution is 6.08. The molecule has 8 nitrogen and oxygen atoms in total. The van der Waals surface area contributed by atoms with Gasteiger partial charge in [0.2, 0.25) is 23.6 Å². The van der Waals surface area contributed by atoms with Crippen LogP contribution in [0.4, 0.5) is 0 Å². The van der Waals surface area contributed by atoms with Crippen molar-refractivity contribution in [3.05, 3.63) is 107 Å². The summed E-state index contributed by atoms with van der Waals surface area (Å²) in [5.74, 6) is -3.98. The normalized spacial score (nSPS) is 28.0. The first-order valence-electron chi connectivity index (χ1n) is 14.7. The zero-order chi connectivity index (χ0) is 29.8. The highest BCUT2D eigenvalue weighted by Gasteiger charge is 2.61. The molecule has 2 heterocycles. The fourth-order valence-corrected chi connectivity index (χ4v) is 7.84. The highest BCUT2D eigenvalue weighted by Crippen LogP contribution is 2.58. The van der Waals surface area contributed by atoms with Crippen molar-refractivity contribution in [3.8, 4) is 11.5 Å². The van der Waals surface area contributed by atoms with Crippen molar-refractivity contribution < 1.29 is 29.0 Å². The van der Waals surface area contributed by atoms with Crippen LogP contribution in [0.2, 0.25) is 0 Å². The molecule has 0 unspecified atom stereocenters. The van der Waals surface area contributed by atoms with E-state index in [1.807, 2.05) is 72.8 Å². The number of ether oxygens (including phenoxy) is 1. The first kappa shape index (κ1) is 27.1. The van der Waals surface area contributed by atoms with Gasteiger partial charge in [-0.2, -0.15) is 0 Å². The Morgan fingerprint density at radius 2 is 1.30 bits per heavy atom. The molecule has 0 radical (unpaired) electrons. The van der Waals surface area contributed by atoms with Gasteiger partial charge >= 0.3 is 0 Å². The van der Waals surface area contributed by atoms with Gasteiger partial charge in [0.05, 0.1) is 43.9 Å². The quantitative estimate of drug-likeness (QED) is 0.344. The molecule has 8 heteroatoms. The number of carbonyl (C=O) groups is 4. The third kappa shape index (κ3) is 4.35. The van der Waals surface area contributed by atoms with Gasteiger partial charge in [-0.05, 0) is 47.6 Å². The number of fused-ring (bicyclic) bond motifs is 4. The fraction of sp³-hybridized carbons (Fsp3) is 0.314. The highest BCUT2D eigenvalue weighted by atomic mass is 16.5. The molecule has 43 heavy (non-hydrogen) atoms. The standard InChI is InChI=1S/C35H32N2O6/c1-43-28-15-12-22(16-27(28)38)29-23-13-14-24-30(34(41)36(32(24)39)18-20-8-4-2-5-9-20)25(23)17-26-31(29)35(42)37(33(26)40)19-21-10-6-3-7-11-21/h2-13,15-16,24-26,29-31,38H,14,17-19H2,1H3/t24-,25+,26+,29-,30-,31+/m0/s1. The van der Waals surface area contributed by atoms with Crippen LogP contribution in [0.3, 0.4) is 0 Å². The second-order valence-electron chi connectivity index (χ2n) is 12.0. The minimum atomic E-state index is -0.671. The molecule has 4 amide bonds. The van der Waals surface area contributed by atoms with Gasteiger partial charge in [-0.25, -0.2) is 0 Å². The van der Waals surface area contributed by atoms with Gasteiger partial charge in [-0.15, -0.1) is 0 Å². The smallest absolute Gasteiger partial charge is 0.234 e. The fourth-order valence-electron chi connectivity index (χ4n) is 7.84. The lowest BCUT2D eigenvalue weighted by atomic mass is 9.57. The Balaban J connectivity index is 1.28. The first-order valence-corrected chi connectivity index (χ1v) is 14.7. The minimum absolute atomic E-state index is 0.0629.